The summed E-state index contributed by atoms with van der Waals surface area (Å²) >= 11 is 0. The molecule has 5 rings (SSSR count). The van der Waals surface area contributed by atoms with E-state index < -0.39 is 29.8 Å². The molecule has 1 aliphatic rings. The van der Waals surface area contributed by atoms with E-state index in [2.05, 4.69) is 10.6 Å². The van der Waals surface area contributed by atoms with Crippen molar-refractivity contribution in [2.24, 2.45) is 0 Å². The Balaban J connectivity index is 1.29. The Morgan fingerprint density at radius 2 is 1.51 bits per heavy atom. The first-order chi connectivity index (χ1) is 19.6. The fourth-order valence-electron chi connectivity index (χ4n) is 4.73. The van der Waals surface area contributed by atoms with Crippen LogP contribution in [0.5, 0.6) is 0 Å². The number of esters is 1. The molecule has 7 nitrogen and oxygen atoms in total. The molecule has 0 aliphatic carbocycles. The van der Waals surface area contributed by atoms with Gasteiger partial charge in [-0.1, -0.05) is 54.6 Å². The fourth-order valence-corrected chi connectivity index (χ4v) is 4.73. The van der Waals surface area contributed by atoms with E-state index in [1.54, 1.807) is 60.7 Å². The van der Waals surface area contributed by atoms with E-state index in [0.717, 1.165) is 28.8 Å². The lowest BCUT2D eigenvalue weighted by Crippen LogP contribution is -2.35. The lowest BCUT2D eigenvalue weighted by molar-refractivity contribution is -0.146. The minimum absolute atomic E-state index is 0.0115. The molecule has 2 N–H and O–H groups in total. The van der Waals surface area contributed by atoms with Crippen LogP contribution in [0.25, 0.3) is 11.1 Å². The van der Waals surface area contributed by atoms with Gasteiger partial charge >= 0.3 is 18.2 Å². The van der Waals surface area contributed by atoms with Crippen molar-refractivity contribution in [3.63, 3.8) is 0 Å². The second kappa shape index (κ2) is 11.2. The third kappa shape index (κ3) is 5.91. The molecule has 4 aromatic carbocycles. The monoisotopic (exact) mass is 559 g/mol. The van der Waals surface area contributed by atoms with Gasteiger partial charge in [-0.05, 0) is 64.7 Å². The summed E-state index contributed by atoms with van der Waals surface area (Å²) in [4.78, 5) is 39.7. The molecular weight excluding hydrogens is 535 g/mol. The van der Waals surface area contributed by atoms with Crippen LogP contribution in [0.1, 0.15) is 33.1 Å². The van der Waals surface area contributed by atoms with Crippen molar-refractivity contribution in [2.45, 2.75) is 18.8 Å². The molecule has 208 valence electrons. The summed E-state index contributed by atoms with van der Waals surface area (Å²) in [5.41, 5.74) is 3.15. The van der Waals surface area contributed by atoms with Crippen molar-refractivity contribution in [2.75, 3.05) is 17.7 Å². The van der Waals surface area contributed by atoms with Gasteiger partial charge in [0.1, 0.15) is 0 Å². The summed E-state index contributed by atoms with van der Waals surface area (Å²) in [6.45, 7) is 0.228. The normalized spacial score (nSPS) is 13.4. The Morgan fingerprint density at radius 1 is 0.829 bits per heavy atom. The molecule has 4 aromatic rings. The summed E-state index contributed by atoms with van der Waals surface area (Å²) < 4.78 is 43.8. The van der Waals surface area contributed by atoms with Gasteiger partial charge in [-0.25, -0.2) is 9.59 Å². The number of halogens is 3. The number of carbonyl (C=O) groups excluding carboxylic acids is 3. The number of hydrogen-bond donors (Lipinski definition) is 2. The van der Waals surface area contributed by atoms with Gasteiger partial charge in [0.2, 0.25) is 0 Å². The van der Waals surface area contributed by atoms with Gasteiger partial charge < -0.3 is 20.3 Å². The smallest absolute Gasteiger partial charge is 0.416 e. The summed E-state index contributed by atoms with van der Waals surface area (Å²) in [5, 5.41) is 5.00. The van der Waals surface area contributed by atoms with Crippen molar-refractivity contribution >= 4 is 29.3 Å². The lowest BCUT2D eigenvalue weighted by atomic mass is 10.0. The van der Waals surface area contributed by atoms with Crippen molar-refractivity contribution in [3.05, 3.63) is 119 Å². The SMILES string of the molecule is COC(=O)C(c1ccccc1)N1Cc2cc(-c3ccc(NC(=O)Nc4cccc(C(F)(F)F)c4)cc3)ccc2C1=O. The van der Waals surface area contributed by atoms with E-state index in [4.69, 9.17) is 4.74 Å². The quantitative estimate of drug-likeness (QED) is 0.252. The first-order valence-corrected chi connectivity index (χ1v) is 12.6. The van der Waals surface area contributed by atoms with Gasteiger partial charge in [-0.3, -0.25) is 4.79 Å². The summed E-state index contributed by atoms with van der Waals surface area (Å²) in [7, 11) is 1.29. The second-order valence-electron chi connectivity index (χ2n) is 9.38. The number of methoxy groups -OCH3 is 1. The molecule has 0 spiro atoms. The van der Waals surface area contributed by atoms with Crippen LogP contribution in [-0.2, 0) is 22.3 Å². The zero-order valence-corrected chi connectivity index (χ0v) is 21.7. The number of nitrogens with one attached hydrogen (secondary N) is 2. The summed E-state index contributed by atoms with van der Waals surface area (Å²) in [6.07, 6.45) is -4.52. The van der Waals surface area contributed by atoms with Gasteiger partial charge in [0, 0.05) is 23.5 Å². The number of carbonyl (C=O) groups is 3. The van der Waals surface area contributed by atoms with E-state index in [1.165, 1.54) is 24.1 Å². The van der Waals surface area contributed by atoms with Crippen LogP contribution in [0.3, 0.4) is 0 Å². The molecule has 0 saturated heterocycles. The number of hydrogen-bond acceptors (Lipinski definition) is 4. The molecular formula is C31H24F3N3O4. The minimum Gasteiger partial charge on any atom is -0.467 e. The molecule has 1 unspecified atom stereocenters. The van der Waals surface area contributed by atoms with Gasteiger partial charge in [0.25, 0.3) is 5.91 Å². The van der Waals surface area contributed by atoms with Crippen LogP contribution in [0, 0.1) is 0 Å². The molecule has 3 amide bonds. The van der Waals surface area contributed by atoms with Gasteiger partial charge in [0.15, 0.2) is 6.04 Å². The Hall–Kier alpha value is -5.12. The lowest BCUT2D eigenvalue weighted by Gasteiger charge is -2.25. The highest BCUT2D eigenvalue weighted by molar-refractivity contribution is 6.02. The number of urea groups is 1. The van der Waals surface area contributed by atoms with E-state index in [-0.39, 0.29) is 18.1 Å². The van der Waals surface area contributed by atoms with Crippen LogP contribution in [0.15, 0.2) is 97.1 Å². The molecule has 10 heteroatoms. The van der Waals surface area contributed by atoms with E-state index in [9.17, 15) is 27.6 Å². The average molecular weight is 560 g/mol. The Bertz CT molecular complexity index is 1610. The Labute approximate surface area is 233 Å². The molecule has 1 heterocycles. The van der Waals surface area contributed by atoms with Crippen molar-refractivity contribution in [1.82, 2.24) is 4.90 Å². The zero-order chi connectivity index (χ0) is 29.1. The average Bonchev–Trinajstić information content (AvgIpc) is 3.28. The number of amides is 3. The maximum atomic E-state index is 13.2. The Kier molecular flexibility index (Phi) is 7.47. The van der Waals surface area contributed by atoms with Crippen LogP contribution in [0.4, 0.5) is 29.3 Å². The number of nitrogens with zero attached hydrogens (tertiary/aromatic N) is 1. The largest absolute Gasteiger partial charge is 0.467 e. The summed E-state index contributed by atoms with van der Waals surface area (Å²) in [6, 6.07) is 24.1. The zero-order valence-electron chi connectivity index (χ0n) is 21.7. The number of fused-ring (bicyclic) bond motifs is 1. The maximum Gasteiger partial charge on any atom is 0.416 e. The molecule has 0 fully saturated rings. The van der Waals surface area contributed by atoms with E-state index >= 15 is 0 Å². The van der Waals surface area contributed by atoms with E-state index in [1.807, 2.05) is 12.1 Å². The fraction of sp³-hybridized carbons (Fsp3) is 0.129. The van der Waals surface area contributed by atoms with Crippen molar-refractivity contribution in [3.8, 4) is 11.1 Å². The maximum absolute atomic E-state index is 13.2. The third-order valence-electron chi connectivity index (χ3n) is 6.71. The minimum atomic E-state index is -4.52. The standard InChI is InChI=1S/C31H24F3N3O4/c1-41-29(39)27(20-6-3-2-4-7-20)37-18-22-16-21(12-15-26(22)28(37)38)19-10-13-24(14-11-19)35-30(40)36-25-9-5-8-23(17-25)31(32,33)34/h2-17,27H,18H2,1H3,(H2,35,36,40). The van der Waals surface area contributed by atoms with Crippen LogP contribution >= 0.6 is 0 Å². The molecule has 0 saturated carbocycles. The predicted octanol–water partition coefficient (Wildman–Crippen LogP) is 6.89. The van der Waals surface area contributed by atoms with Crippen LogP contribution in [-0.4, -0.2) is 29.9 Å². The number of alkyl halides is 3. The van der Waals surface area contributed by atoms with Gasteiger partial charge in [0.05, 0.1) is 12.7 Å². The first-order valence-electron chi connectivity index (χ1n) is 12.6. The van der Waals surface area contributed by atoms with Crippen LogP contribution in [0.2, 0.25) is 0 Å². The molecule has 41 heavy (non-hydrogen) atoms. The highest BCUT2D eigenvalue weighted by Gasteiger charge is 2.38. The highest BCUT2D eigenvalue weighted by atomic mass is 19.4. The van der Waals surface area contributed by atoms with Gasteiger partial charge in [-0.15, -0.1) is 0 Å². The molecule has 1 atom stereocenters. The van der Waals surface area contributed by atoms with E-state index in [0.29, 0.717) is 16.8 Å². The van der Waals surface area contributed by atoms with Crippen molar-refractivity contribution in [1.29, 1.82) is 0 Å². The topological polar surface area (TPSA) is 87.7 Å². The highest BCUT2D eigenvalue weighted by Crippen LogP contribution is 2.35. The summed E-state index contributed by atoms with van der Waals surface area (Å²) in [5.74, 6) is -0.796. The molecule has 1 aliphatic heterocycles. The third-order valence-corrected chi connectivity index (χ3v) is 6.71. The predicted molar refractivity (Wildman–Crippen MR) is 147 cm³/mol. The van der Waals surface area contributed by atoms with Gasteiger partial charge in [-0.2, -0.15) is 13.2 Å². The Morgan fingerprint density at radius 3 is 2.20 bits per heavy atom. The number of anilines is 2. The van der Waals surface area contributed by atoms with Crippen LogP contribution < -0.4 is 10.6 Å². The second-order valence-corrected chi connectivity index (χ2v) is 9.38. The first kappa shape index (κ1) is 27.4. The molecule has 0 bridgehead atoms. The molecule has 0 radical (unpaired) electrons. The number of rotatable bonds is 6. The number of benzene rings is 4. The van der Waals surface area contributed by atoms with Crippen molar-refractivity contribution < 1.29 is 32.3 Å². The molecule has 0 aromatic heterocycles. The number of ether oxygens (including phenoxy) is 1.